The van der Waals surface area contributed by atoms with Gasteiger partial charge in [-0.05, 0) is 37.1 Å². The van der Waals surface area contributed by atoms with E-state index in [1.54, 1.807) is 6.92 Å². The fraction of sp³-hybridized carbons (Fsp3) is 0.474. The van der Waals surface area contributed by atoms with E-state index in [-0.39, 0.29) is 11.8 Å². The van der Waals surface area contributed by atoms with Crippen LogP contribution in [-0.2, 0) is 4.79 Å². The highest BCUT2D eigenvalue weighted by Crippen LogP contribution is 2.22. The van der Waals surface area contributed by atoms with Gasteiger partial charge < -0.3 is 15.2 Å². The maximum atomic E-state index is 12.4. The van der Waals surface area contributed by atoms with Gasteiger partial charge in [-0.3, -0.25) is 14.5 Å². The van der Waals surface area contributed by atoms with Gasteiger partial charge in [-0.15, -0.1) is 0 Å². The van der Waals surface area contributed by atoms with E-state index in [9.17, 15) is 9.59 Å². The quantitative estimate of drug-likeness (QED) is 0.888. The normalized spacial score (nSPS) is 15.6. The highest BCUT2D eigenvalue weighted by Gasteiger charge is 2.18. The molecule has 1 fully saturated rings. The summed E-state index contributed by atoms with van der Waals surface area (Å²) >= 11 is 0. The first-order valence-corrected chi connectivity index (χ1v) is 8.80. The van der Waals surface area contributed by atoms with Crippen LogP contribution in [0, 0.1) is 13.8 Å². The second-order valence-corrected chi connectivity index (χ2v) is 6.76. The van der Waals surface area contributed by atoms with Gasteiger partial charge in [-0.25, -0.2) is 0 Å². The maximum absolute atomic E-state index is 12.4. The van der Waals surface area contributed by atoms with Crippen molar-refractivity contribution < 1.29 is 9.59 Å². The molecule has 2 heterocycles. The predicted octanol–water partition coefficient (Wildman–Crippen LogP) is 1.68. The van der Waals surface area contributed by atoms with Crippen molar-refractivity contribution in [1.29, 1.82) is 0 Å². The Morgan fingerprint density at radius 1 is 1.16 bits per heavy atom. The average molecular weight is 342 g/mol. The van der Waals surface area contributed by atoms with Crippen LogP contribution >= 0.6 is 0 Å². The van der Waals surface area contributed by atoms with Crippen LogP contribution in [-0.4, -0.2) is 65.9 Å². The Kier molecular flexibility index (Phi) is 5.08. The minimum absolute atomic E-state index is 0.0735. The number of benzene rings is 1. The Bertz CT molecular complexity index is 788. The molecule has 1 aliphatic heterocycles. The molecule has 2 aromatic rings. The Morgan fingerprint density at radius 2 is 1.88 bits per heavy atom. The monoisotopic (exact) mass is 342 g/mol. The van der Waals surface area contributed by atoms with E-state index in [1.807, 2.05) is 17.0 Å². The molecule has 1 saturated heterocycles. The molecule has 25 heavy (non-hydrogen) atoms. The maximum Gasteiger partial charge on any atom is 0.267 e. The van der Waals surface area contributed by atoms with Gasteiger partial charge in [0.1, 0.15) is 5.69 Å². The Balaban J connectivity index is 1.52. The summed E-state index contributed by atoms with van der Waals surface area (Å²) in [4.78, 5) is 31.1. The third-order valence-electron chi connectivity index (χ3n) is 5.12. The van der Waals surface area contributed by atoms with Crippen molar-refractivity contribution >= 4 is 22.7 Å². The number of hydrogen-bond donors (Lipinski definition) is 2. The molecule has 0 bridgehead atoms. The summed E-state index contributed by atoms with van der Waals surface area (Å²) in [6.45, 7) is 10.4. The van der Waals surface area contributed by atoms with E-state index >= 15 is 0 Å². The van der Waals surface area contributed by atoms with Crippen molar-refractivity contribution in [2.24, 2.45) is 0 Å². The number of carbonyl (C=O) groups is 2. The molecule has 2 amide bonds. The van der Waals surface area contributed by atoms with E-state index < -0.39 is 0 Å². The number of nitrogens with one attached hydrogen (secondary N) is 2. The molecule has 0 aliphatic carbocycles. The number of nitrogens with zero attached hydrogens (tertiary/aromatic N) is 2. The molecule has 6 nitrogen and oxygen atoms in total. The molecule has 3 rings (SSSR count). The largest absolute Gasteiger partial charge is 0.351 e. The number of rotatable bonds is 4. The first-order valence-electron chi connectivity index (χ1n) is 8.80. The van der Waals surface area contributed by atoms with Gasteiger partial charge in [-0.2, -0.15) is 0 Å². The summed E-state index contributed by atoms with van der Waals surface area (Å²) < 4.78 is 0. The zero-order chi connectivity index (χ0) is 18.0. The Labute approximate surface area is 148 Å². The van der Waals surface area contributed by atoms with Crippen molar-refractivity contribution in [2.75, 3.05) is 39.3 Å². The summed E-state index contributed by atoms with van der Waals surface area (Å²) in [5.41, 5.74) is 4.03. The lowest BCUT2D eigenvalue weighted by Crippen LogP contribution is -2.49. The second kappa shape index (κ2) is 7.27. The van der Waals surface area contributed by atoms with E-state index in [4.69, 9.17) is 0 Å². The van der Waals surface area contributed by atoms with Crippen molar-refractivity contribution in [2.45, 2.75) is 20.8 Å². The lowest BCUT2D eigenvalue weighted by atomic mass is 10.1. The number of piperazine rings is 1. The molecule has 1 aromatic carbocycles. The molecular weight excluding hydrogens is 316 g/mol. The van der Waals surface area contributed by atoms with Gasteiger partial charge in [0.2, 0.25) is 5.91 Å². The van der Waals surface area contributed by atoms with Gasteiger partial charge in [0.25, 0.3) is 5.91 Å². The number of hydrogen-bond acceptors (Lipinski definition) is 3. The van der Waals surface area contributed by atoms with Crippen LogP contribution in [0.5, 0.6) is 0 Å². The molecule has 0 unspecified atom stereocenters. The van der Waals surface area contributed by atoms with Crippen LogP contribution in [0.2, 0.25) is 0 Å². The number of aryl methyl sites for hydroxylation is 2. The van der Waals surface area contributed by atoms with Crippen LogP contribution < -0.4 is 5.32 Å². The van der Waals surface area contributed by atoms with Crippen LogP contribution in [0.1, 0.15) is 28.5 Å². The Morgan fingerprint density at radius 3 is 2.56 bits per heavy atom. The molecule has 6 heteroatoms. The SMILES string of the molecule is CC(=O)N1CCN(CCNC(=O)c2cc3c(C)c(C)ccc3[nH]2)CC1. The lowest BCUT2D eigenvalue weighted by Gasteiger charge is -2.34. The number of aromatic amines is 1. The van der Waals surface area contributed by atoms with Crippen molar-refractivity contribution in [3.8, 4) is 0 Å². The topological polar surface area (TPSA) is 68.4 Å². The smallest absolute Gasteiger partial charge is 0.267 e. The van der Waals surface area contributed by atoms with Crippen LogP contribution in [0.4, 0.5) is 0 Å². The van der Waals surface area contributed by atoms with Gasteiger partial charge >= 0.3 is 0 Å². The zero-order valence-electron chi connectivity index (χ0n) is 15.2. The van der Waals surface area contributed by atoms with Gasteiger partial charge in [-0.1, -0.05) is 6.07 Å². The first-order chi connectivity index (χ1) is 12.0. The standard InChI is InChI=1S/C19H26N4O2/c1-13-4-5-17-16(14(13)2)12-18(21-17)19(25)20-6-7-22-8-10-23(11-9-22)15(3)24/h4-5,12,21H,6-11H2,1-3H3,(H,20,25). The minimum Gasteiger partial charge on any atom is -0.351 e. The summed E-state index contributed by atoms with van der Waals surface area (Å²) in [5.74, 6) is 0.0629. The summed E-state index contributed by atoms with van der Waals surface area (Å²) in [5, 5.41) is 4.09. The lowest BCUT2D eigenvalue weighted by molar-refractivity contribution is -0.130. The average Bonchev–Trinajstić information content (AvgIpc) is 3.04. The summed E-state index contributed by atoms with van der Waals surface area (Å²) in [7, 11) is 0. The number of fused-ring (bicyclic) bond motifs is 1. The van der Waals surface area contributed by atoms with Gasteiger partial charge in [0, 0.05) is 57.1 Å². The number of carbonyl (C=O) groups excluding carboxylic acids is 2. The highest BCUT2D eigenvalue weighted by atomic mass is 16.2. The third-order valence-corrected chi connectivity index (χ3v) is 5.12. The van der Waals surface area contributed by atoms with Crippen molar-refractivity contribution in [1.82, 2.24) is 20.1 Å². The molecule has 1 aliphatic rings. The number of H-pyrrole nitrogens is 1. The summed E-state index contributed by atoms with van der Waals surface area (Å²) in [6, 6.07) is 6.01. The number of amides is 2. The fourth-order valence-electron chi connectivity index (χ4n) is 3.29. The van der Waals surface area contributed by atoms with Gasteiger partial charge in [0.15, 0.2) is 0 Å². The van der Waals surface area contributed by atoms with E-state index in [2.05, 4.69) is 35.1 Å². The van der Waals surface area contributed by atoms with Crippen molar-refractivity contribution in [3.05, 3.63) is 35.0 Å². The molecule has 1 aromatic heterocycles. The zero-order valence-corrected chi connectivity index (χ0v) is 15.2. The molecule has 0 saturated carbocycles. The van der Waals surface area contributed by atoms with E-state index in [1.165, 1.54) is 11.1 Å². The van der Waals surface area contributed by atoms with Crippen molar-refractivity contribution in [3.63, 3.8) is 0 Å². The molecular formula is C19H26N4O2. The fourth-order valence-corrected chi connectivity index (χ4v) is 3.29. The van der Waals surface area contributed by atoms with Crippen LogP contribution in [0.15, 0.2) is 18.2 Å². The minimum atomic E-state index is -0.0735. The molecule has 0 atom stereocenters. The molecule has 134 valence electrons. The number of aromatic nitrogens is 1. The molecule has 2 N–H and O–H groups in total. The van der Waals surface area contributed by atoms with Gasteiger partial charge in [0.05, 0.1) is 0 Å². The van der Waals surface area contributed by atoms with E-state index in [0.29, 0.717) is 12.2 Å². The highest BCUT2D eigenvalue weighted by molar-refractivity contribution is 5.99. The van der Waals surface area contributed by atoms with E-state index in [0.717, 1.165) is 43.6 Å². The Hall–Kier alpha value is -2.34. The molecule has 0 spiro atoms. The van der Waals surface area contributed by atoms with Crippen LogP contribution in [0.3, 0.4) is 0 Å². The second-order valence-electron chi connectivity index (χ2n) is 6.76. The van der Waals surface area contributed by atoms with Crippen LogP contribution in [0.25, 0.3) is 10.9 Å². The third kappa shape index (κ3) is 3.85. The predicted molar refractivity (Wildman–Crippen MR) is 98.8 cm³/mol. The first kappa shape index (κ1) is 17.5. The molecule has 0 radical (unpaired) electrons. The summed E-state index contributed by atoms with van der Waals surface area (Å²) in [6.07, 6.45) is 0.